The van der Waals surface area contributed by atoms with Crippen molar-refractivity contribution in [2.45, 2.75) is 18.0 Å². The van der Waals surface area contributed by atoms with Crippen molar-refractivity contribution in [2.75, 3.05) is 0 Å². The number of hydrogen-bond acceptors (Lipinski definition) is 3. The molecule has 106 valence electrons. The third kappa shape index (κ3) is 3.67. The standard InChI is InChI=1S/C14H14BrNO3S/c15-13-6-3-4-11(8-13)9-16-20(18,19)14-7-2-1-5-12(14)10-17/h1-8,16-17H,9-10H2. The molecule has 0 fully saturated rings. The Labute approximate surface area is 126 Å². The molecule has 0 bridgehead atoms. The Bertz CT molecular complexity index is 701. The van der Waals surface area contributed by atoms with Gasteiger partial charge in [0.15, 0.2) is 0 Å². The number of nitrogens with one attached hydrogen (secondary N) is 1. The molecule has 20 heavy (non-hydrogen) atoms. The number of benzene rings is 2. The summed E-state index contributed by atoms with van der Waals surface area (Å²) in [6, 6.07) is 13.8. The minimum absolute atomic E-state index is 0.109. The summed E-state index contributed by atoms with van der Waals surface area (Å²) in [4.78, 5) is 0.109. The molecule has 0 radical (unpaired) electrons. The molecule has 0 unspecified atom stereocenters. The lowest BCUT2D eigenvalue weighted by atomic mass is 10.2. The number of sulfonamides is 1. The Hall–Kier alpha value is -1.21. The maximum absolute atomic E-state index is 12.2. The predicted octanol–water partition coefficient (Wildman–Crippen LogP) is 2.42. The molecule has 2 aromatic carbocycles. The van der Waals surface area contributed by atoms with Gasteiger partial charge < -0.3 is 5.11 Å². The van der Waals surface area contributed by atoms with Crippen LogP contribution in [-0.2, 0) is 23.2 Å². The maximum Gasteiger partial charge on any atom is 0.241 e. The first-order valence-corrected chi connectivity index (χ1v) is 8.23. The van der Waals surface area contributed by atoms with Gasteiger partial charge in [0.2, 0.25) is 10.0 Å². The van der Waals surface area contributed by atoms with E-state index in [1.807, 2.05) is 24.3 Å². The van der Waals surface area contributed by atoms with Crippen molar-refractivity contribution in [3.8, 4) is 0 Å². The van der Waals surface area contributed by atoms with Gasteiger partial charge in [-0.3, -0.25) is 0 Å². The van der Waals surface area contributed by atoms with Crippen molar-refractivity contribution in [3.63, 3.8) is 0 Å². The first-order chi connectivity index (χ1) is 9.53. The number of aliphatic hydroxyl groups excluding tert-OH is 1. The van der Waals surface area contributed by atoms with E-state index in [9.17, 15) is 13.5 Å². The van der Waals surface area contributed by atoms with Crippen molar-refractivity contribution >= 4 is 26.0 Å². The van der Waals surface area contributed by atoms with Gasteiger partial charge >= 0.3 is 0 Å². The van der Waals surface area contributed by atoms with E-state index < -0.39 is 10.0 Å². The zero-order valence-corrected chi connectivity index (χ0v) is 13.0. The van der Waals surface area contributed by atoms with Crippen LogP contribution in [0.4, 0.5) is 0 Å². The first kappa shape index (κ1) is 15.2. The average Bonchev–Trinajstić information content (AvgIpc) is 2.45. The van der Waals surface area contributed by atoms with E-state index in [2.05, 4.69) is 20.7 Å². The van der Waals surface area contributed by atoms with Gasteiger partial charge in [0.05, 0.1) is 11.5 Å². The smallest absolute Gasteiger partial charge is 0.241 e. The lowest BCUT2D eigenvalue weighted by Gasteiger charge is -2.10. The average molecular weight is 356 g/mol. The lowest BCUT2D eigenvalue weighted by molar-refractivity contribution is 0.278. The number of halogens is 1. The van der Waals surface area contributed by atoms with Gasteiger partial charge in [0.25, 0.3) is 0 Å². The van der Waals surface area contributed by atoms with E-state index in [4.69, 9.17) is 0 Å². The molecule has 0 saturated carbocycles. The Balaban J connectivity index is 2.19. The van der Waals surface area contributed by atoms with Crippen LogP contribution < -0.4 is 4.72 Å². The molecule has 0 spiro atoms. The molecule has 6 heteroatoms. The van der Waals surface area contributed by atoms with Crippen LogP contribution in [0.3, 0.4) is 0 Å². The van der Waals surface area contributed by atoms with Crippen LogP contribution in [0.2, 0.25) is 0 Å². The molecular formula is C14H14BrNO3S. The number of hydrogen-bond donors (Lipinski definition) is 2. The van der Waals surface area contributed by atoms with Crippen molar-refractivity contribution in [3.05, 3.63) is 64.1 Å². The van der Waals surface area contributed by atoms with E-state index >= 15 is 0 Å². The lowest BCUT2D eigenvalue weighted by Crippen LogP contribution is -2.24. The summed E-state index contributed by atoms with van der Waals surface area (Å²) >= 11 is 3.34. The summed E-state index contributed by atoms with van der Waals surface area (Å²) in [7, 11) is -3.64. The zero-order chi connectivity index (χ0) is 14.6. The normalized spacial score (nSPS) is 11.5. The van der Waals surface area contributed by atoms with Gasteiger partial charge in [-0.1, -0.05) is 46.3 Å². The highest BCUT2D eigenvalue weighted by atomic mass is 79.9. The summed E-state index contributed by atoms with van der Waals surface area (Å²) in [6.45, 7) is -0.116. The Morgan fingerprint density at radius 1 is 1.10 bits per heavy atom. The topological polar surface area (TPSA) is 66.4 Å². The quantitative estimate of drug-likeness (QED) is 0.865. The Morgan fingerprint density at radius 3 is 2.55 bits per heavy atom. The molecule has 2 N–H and O–H groups in total. The largest absolute Gasteiger partial charge is 0.392 e. The van der Waals surface area contributed by atoms with Gasteiger partial charge in [-0.05, 0) is 29.3 Å². The van der Waals surface area contributed by atoms with Gasteiger partial charge in [0.1, 0.15) is 0 Å². The minimum Gasteiger partial charge on any atom is -0.392 e. The molecule has 2 rings (SSSR count). The molecule has 4 nitrogen and oxygen atoms in total. The molecule has 0 heterocycles. The number of rotatable bonds is 5. The Kier molecular flexibility index (Phi) is 4.93. The van der Waals surface area contributed by atoms with Gasteiger partial charge in [-0.25, -0.2) is 13.1 Å². The van der Waals surface area contributed by atoms with Gasteiger partial charge in [0, 0.05) is 11.0 Å². The van der Waals surface area contributed by atoms with Gasteiger partial charge in [-0.2, -0.15) is 0 Å². The van der Waals surface area contributed by atoms with Crippen LogP contribution in [0.1, 0.15) is 11.1 Å². The minimum atomic E-state index is -3.64. The van der Waals surface area contributed by atoms with Crippen molar-refractivity contribution in [2.24, 2.45) is 0 Å². The summed E-state index contributed by atoms with van der Waals surface area (Å²) in [5.74, 6) is 0. The second kappa shape index (κ2) is 6.49. The molecule has 0 aromatic heterocycles. The summed E-state index contributed by atoms with van der Waals surface area (Å²) in [6.07, 6.45) is 0. The van der Waals surface area contributed by atoms with Crippen LogP contribution in [0.5, 0.6) is 0 Å². The van der Waals surface area contributed by atoms with Gasteiger partial charge in [-0.15, -0.1) is 0 Å². The molecule has 0 atom stereocenters. The van der Waals surface area contributed by atoms with Crippen molar-refractivity contribution < 1.29 is 13.5 Å². The van der Waals surface area contributed by atoms with E-state index in [1.54, 1.807) is 18.2 Å². The SMILES string of the molecule is O=S(=O)(NCc1cccc(Br)c1)c1ccccc1CO. The predicted molar refractivity (Wildman–Crippen MR) is 80.5 cm³/mol. The molecule has 0 aliphatic rings. The molecule has 0 aliphatic heterocycles. The monoisotopic (exact) mass is 355 g/mol. The summed E-state index contributed by atoms with van der Waals surface area (Å²) in [5.41, 5.74) is 1.23. The van der Waals surface area contributed by atoms with E-state index in [0.29, 0.717) is 5.56 Å². The fraction of sp³-hybridized carbons (Fsp3) is 0.143. The highest BCUT2D eigenvalue weighted by Crippen LogP contribution is 2.16. The van der Waals surface area contributed by atoms with Crippen molar-refractivity contribution in [1.82, 2.24) is 4.72 Å². The zero-order valence-electron chi connectivity index (χ0n) is 10.6. The highest BCUT2D eigenvalue weighted by molar-refractivity contribution is 9.10. The third-order valence-electron chi connectivity index (χ3n) is 2.79. The van der Waals surface area contributed by atoms with Crippen LogP contribution >= 0.6 is 15.9 Å². The molecule has 0 saturated heterocycles. The van der Waals surface area contributed by atoms with Crippen LogP contribution in [0, 0.1) is 0 Å². The maximum atomic E-state index is 12.2. The summed E-state index contributed by atoms with van der Waals surface area (Å²) < 4.78 is 27.9. The fourth-order valence-corrected chi connectivity index (χ4v) is 3.49. The number of aliphatic hydroxyl groups is 1. The fourth-order valence-electron chi connectivity index (χ4n) is 1.80. The Morgan fingerprint density at radius 2 is 1.85 bits per heavy atom. The second-order valence-electron chi connectivity index (χ2n) is 4.22. The first-order valence-electron chi connectivity index (χ1n) is 5.96. The van der Waals surface area contributed by atoms with Crippen LogP contribution in [0.15, 0.2) is 57.9 Å². The molecule has 0 aliphatic carbocycles. The highest BCUT2D eigenvalue weighted by Gasteiger charge is 2.17. The molecular weight excluding hydrogens is 342 g/mol. The molecule has 0 amide bonds. The van der Waals surface area contributed by atoms with Crippen molar-refractivity contribution in [1.29, 1.82) is 0 Å². The van der Waals surface area contributed by atoms with E-state index in [0.717, 1.165) is 10.0 Å². The second-order valence-corrected chi connectivity index (χ2v) is 6.87. The van der Waals surface area contributed by atoms with E-state index in [1.165, 1.54) is 6.07 Å². The van der Waals surface area contributed by atoms with Crippen LogP contribution in [0.25, 0.3) is 0 Å². The third-order valence-corrected chi connectivity index (χ3v) is 4.78. The summed E-state index contributed by atoms with van der Waals surface area (Å²) in [5, 5.41) is 9.20. The van der Waals surface area contributed by atoms with E-state index in [-0.39, 0.29) is 18.0 Å². The molecule has 2 aromatic rings. The van der Waals surface area contributed by atoms with Crippen LogP contribution in [-0.4, -0.2) is 13.5 Å².